The van der Waals surface area contributed by atoms with Crippen molar-refractivity contribution in [2.45, 2.75) is 51.2 Å². The lowest BCUT2D eigenvalue weighted by molar-refractivity contribution is -0.118. The summed E-state index contributed by atoms with van der Waals surface area (Å²) in [5.41, 5.74) is 4.99. The van der Waals surface area contributed by atoms with Gasteiger partial charge in [0.1, 0.15) is 4.83 Å². The molecule has 0 saturated carbocycles. The molecular weight excluding hydrogens is 506 g/mol. The van der Waals surface area contributed by atoms with Gasteiger partial charge in [-0.1, -0.05) is 23.9 Å². The highest BCUT2D eigenvalue weighted by Gasteiger charge is 2.23. The lowest BCUT2D eigenvalue weighted by Crippen LogP contribution is -2.26. The van der Waals surface area contributed by atoms with Crippen molar-refractivity contribution in [3.05, 3.63) is 73.9 Å². The van der Waals surface area contributed by atoms with Gasteiger partial charge in [0.25, 0.3) is 5.56 Å². The fraction of sp³-hybridized carbons (Fsp3) is 0.321. The Kier molecular flexibility index (Phi) is 6.42. The Labute approximate surface area is 222 Å². The molecule has 2 aliphatic rings. The van der Waals surface area contributed by atoms with Gasteiger partial charge in [-0.3, -0.25) is 14.2 Å². The van der Waals surface area contributed by atoms with Crippen molar-refractivity contribution in [3.63, 3.8) is 0 Å². The fourth-order valence-corrected chi connectivity index (χ4v) is 7.17. The average Bonchev–Trinajstić information content (AvgIpc) is 3.49. The molecule has 0 bridgehead atoms. The maximum atomic E-state index is 13.9. The smallest absolute Gasteiger partial charge is 0.267 e. The quantitative estimate of drug-likeness (QED) is 0.275. The van der Waals surface area contributed by atoms with Crippen LogP contribution in [0.15, 0.2) is 46.3 Å². The van der Waals surface area contributed by atoms with Gasteiger partial charge in [-0.05, 0) is 86.1 Å². The number of hydrogen-bond donors (Lipinski definition) is 1. The van der Waals surface area contributed by atoms with Crippen molar-refractivity contribution < 1.29 is 14.3 Å². The molecule has 2 aromatic carbocycles. The third-order valence-electron chi connectivity index (χ3n) is 6.68. The highest BCUT2D eigenvalue weighted by Crippen LogP contribution is 2.35. The zero-order chi connectivity index (χ0) is 25.5. The Balaban J connectivity index is 1.29. The lowest BCUT2D eigenvalue weighted by Gasteiger charge is -2.15. The zero-order valence-corrected chi connectivity index (χ0v) is 22.4. The van der Waals surface area contributed by atoms with E-state index in [0.29, 0.717) is 23.2 Å². The number of nitrogens with one attached hydrogen (secondary N) is 1. The van der Waals surface area contributed by atoms with Gasteiger partial charge in [0.2, 0.25) is 12.7 Å². The number of fused-ring (bicyclic) bond motifs is 4. The number of rotatable bonds is 6. The van der Waals surface area contributed by atoms with Gasteiger partial charge in [0.05, 0.1) is 16.8 Å². The number of nitrogens with zero attached hydrogens (tertiary/aromatic N) is 2. The normalized spacial score (nSPS) is 14.1. The van der Waals surface area contributed by atoms with Crippen molar-refractivity contribution in [2.24, 2.45) is 0 Å². The number of aryl methyl sites for hydroxylation is 4. The van der Waals surface area contributed by atoms with Gasteiger partial charge in [-0.15, -0.1) is 11.3 Å². The second-order valence-corrected chi connectivity index (χ2v) is 11.6. The van der Waals surface area contributed by atoms with Crippen molar-refractivity contribution in [2.75, 3.05) is 12.5 Å². The Morgan fingerprint density at radius 1 is 1.08 bits per heavy atom. The van der Waals surface area contributed by atoms with E-state index in [0.717, 1.165) is 58.3 Å². The molecule has 1 amide bonds. The second-order valence-electron chi connectivity index (χ2n) is 9.52. The molecule has 0 saturated heterocycles. The number of thiophene rings is 1. The summed E-state index contributed by atoms with van der Waals surface area (Å²) in [7, 11) is 0. The van der Waals surface area contributed by atoms with E-state index < -0.39 is 0 Å². The first kappa shape index (κ1) is 24.1. The van der Waals surface area contributed by atoms with Gasteiger partial charge in [-0.25, -0.2) is 4.98 Å². The Hall–Kier alpha value is -3.30. The van der Waals surface area contributed by atoms with E-state index in [2.05, 4.69) is 11.4 Å². The van der Waals surface area contributed by atoms with Crippen LogP contribution >= 0.6 is 23.1 Å². The Morgan fingerprint density at radius 2 is 1.86 bits per heavy atom. The van der Waals surface area contributed by atoms with Crippen LogP contribution in [0.4, 0.5) is 0 Å². The van der Waals surface area contributed by atoms with Gasteiger partial charge in [0.15, 0.2) is 16.7 Å². The summed E-state index contributed by atoms with van der Waals surface area (Å²) in [4.78, 5) is 33.7. The minimum absolute atomic E-state index is 0.0438. The monoisotopic (exact) mass is 533 g/mol. The number of aromatic nitrogens is 2. The first-order valence-corrected chi connectivity index (χ1v) is 14.2. The molecule has 0 spiro atoms. The predicted octanol–water partition coefficient (Wildman–Crippen LogP) is 5.08. The summed E-state index contributed by atoms with van der Waals surface area (Å²) in [6.45, 7) is 4.64. The molecule has 0 fully saturated rings. The Morgan fingerprint density at radius 3 is 2.70 bits per heavy atom. The van der Waals surface area contributed by atoms with Crippen molar-refractivity contribution in [1.82, 2.24) is 14.9 Å². The van der Waals surface area contributed by atoms with E-state index in [1.165, 1.54) is 22.2 Å². The molecule has 4 aromatic rings. The molecule has 37 heavy (non-hydrogen) atoms. The van der Waals surface area contributed by atoms with Crippen LogP contribution in [0.3, 0.4) is 0 Å². The lowest BCUT2D eigenvalue weighted by atomic mass is 9.97. The molecule has 1 aliphatic carbocycles. The molecule has 190 valence electrons. The molecule has 0 unspecified atom stereocenters. The first-order chi connectivity index (χ1) is 18.0. The number of benzene rings is 2. The largest absolute Gasteiger partial charge is 0.454 e. The van der Waals surface area contributed by atoms with E-state index in [-0.39, 0.29) is 24.0 Å². The summed E-state index contributed by atoms with van der Waals surface area (Å²) < 4.78 is 12.5. The van der Waals surface area contributed by atoms with Crippen LogP contribution in [-0.4, -0.2) is 28.0 Å². The number of thioether (sulfide) groups is 1. The third kappa shape index (κ3) is 4.73. The predicted molar refractivity (Wildman–Crippen MR) is 146 cm³/mol. The van der Waals surface area contributed by atoms with E-state index in [4.69, 9.17) is 14.5 Å². The molecule has 0 radical (unpaired) electrons. The highest BCUT2D eigenvalue weighted by molar-refractivity contribution is 7.99. The maximum Gasteiger partial charge on any atom is 0.267 e. The van der Waals surface area contributed by atoms with Crippen LogP contribution in [0.5, 0.6) is 11.5 Å². The fourth-order valence-electron chi connectivity index (χ4n) is 5.02. The number of hydrogen-bond acceptors (Lipinski definition) is 7. The van der Waals surface area contributed by atoms with E-state index in [9.17, 15) is 9.59 Å². The molecule has 9 heteroatoms. The molecular formula is C28H27N3O4S2. The number of amides is 1. The second kappa shape index (κ2) is 9.87. The SMILES string of the molecule is Cc1cc(C)cc(-n2c(SCC(=O)NCc3ccc4c(c3)OCO4)nc3sc4c(c3c2=O)CCCC4)c1. The zero-order valence-electron chi connectivity index (χ0n) is 20.8. The summed E-state index contributed by atoms with van der Waals surface area (Å²) in [6.07, 6.45) is 4.18. The van der Waals surface area contributed by atoms with Gasteiger partial charge in [0, 0.05) is 11.4 Å². The molecule has 7 nitrogen and oxygen atoms in total. The molecule has 1 N–H and O–H groups in total. The Bertz CT molecular complexity index is 1570. The molecule has 6 rings (SSSR count). The molecule has 1 aliphatic heterocycles. The summed E-state index contributed by atoms with van der Waals surface area (Å²) in [5, 5.41) is 4.25. The maximum absolute atomic E-state index is 13.9. The van der Waals surface area contributed by atoms with Crippen LogP contribution < -0.4 is 20.3 Å². The molecule has 2 aromatic heterocycles. The van der Waals surface area contributed by atoms with Gasteiger partial charge >= 0.3 is 0 Å². The topological polar surface area (TPSA) is 82.5 Å². The number of ether oxygens (including phenoxy) is 2. The minimum Gasteiger partial charge on any atom is -0.454 e. The van der Waals surface area contributed by atoms with Crippen LogP contribution in [0.1, 0.15) is 40.0 Å². The van der Waals surface area contributed by atoms with E-state index in [1.807, 2.05) is 44.2 Å². The van der Waals surface area contributed by atoms with Crippen LogP contribution in [-0.2, 0) is 24.2 Å². The minimum atomic E-state index is -0.130. The van der Waals surface area contributed by atoms with Crippen molar-refractivity contribution >= 4 is 39.2 Å². The third-order valence-corrected chi connectivity index (χ3v) is 8.81. The van der Waals surface area contributed by atoms with Crippen molar-refractivity contribution in [3.8, 4) is 17.2 Å². The molecule has 3 heterocycles. The van der Waals surface area contributed by atoms with Crippen LogP contribution in [0.2, 0.25) is 0 Å². The van der Waals surface area contributed by atoms with Crippen LogP contribution in [0, 0.1) is 13.8 Å². The van der Waals surface area contributed by atoms with Crippen LogP contribution in [0.25, 0.3) is 15.9 Å². The first-order valence-electron chi connectivity index (χ1n) is 12.4. The summed E-state index contributed by atoms with van der Waals surface area (Å²) in [5.74, 6) is 1.43. The standard InChI is InChI=1S/C28H27N3O4S2/c1-16-9-17(2)11-19(10-16)31-27(33)25-20-5-3-4-6-23(20)37-26(25)30-28(31)36-14-24(32)29-13-18-7-8-21-22(12-18)35-15-34-21/h7-12H,3-6,13-15H2,1-2H3,(H,29,32). The average molecular weight is 534 g/mol. The van der Waals surface area contributed by atoms with E-state index >= 15 is 0 Å². The number of carbonyl (C=O) groups is 1. The van der Waals surface area contributed by atoms with E-state index in [1.54, 1.807) is 15.9 Å². The summed E-state index contributed by atoms with van der Waals surface area (Å²) >= 11 is 2.92. The number of carbonyl (C=O) groups excluding carboxylic acids is 1. The molecule has 0 atom stereocenters. The van der Waals surface area contributed by atoms with Crippen molar-refractivity contribution in [1.29, 1.82) is 0 Å². The summed E-state index contributed by atoms with van der Waals surface area (Å²) in [6, 6.07) is 11.7. The highest BCUT2D eigenvalue weighted by atomic mass is 32.2. The van der Waals surface area contributed by atoms with Gasteiger partial charge in [-0.2, -0.15) is 0 Å². The van der Waals surface area contributed by atoms with Gasteiger partial charge < -0.3 is 14.8 Å².